The second-order valence-electron chi connectivity index (χ2n) is 7.52. The first-order valence-electron chi connectivity index (χ1n) is 10.6. The average Bonchev–Trinajstić information content (AvgIpc) is 3.09. The molecule has 0 saturated carbocycles. The van der Waals surface area contributed by atoms with Gasteiger partial charge in [0.1, 0.15) is 0 Å². The summed E-state index contributed by atoms with van der Waals surface area (Å²) in [5.41, 5.74) is 3.14. The lowest BCUT2D eigenvalue weighted by Crippen LogP contribution is -2.25. The van der Waals surface area contributed by atoms with E-state index in [1.807, 2.05) is 76.0 Å². The third-order valence-corrected chi connectivity index (χ3v) is 5.31. The molecule has 2 aromatic carbocycles. The van der Waals surface area contributed by atoms with Gasteiger partial charge in [0, 0.05) is 19.2 Å². The van der Waals surface area contributed by atoms with Crippen LogP contribution in [-0.4, -0.2) is 22.2 Å². The molecule has 0 amide bonds. The van der Waals surface area contributed by atoms with E-state index in [4.69, 9.17) is 0 Å². The summed E-state index contributed by atoms with van der Waals surface area (Å²) < 4.78 is 8.36. The lowest BCUT2D eigenvalue weighted by atomic mass is 10.1. The molecule has 0 radical (unpaired) electrons. The number of nitrogens with zero attached hydrogens (tertiary/aromatic N) is 2. The van der Waals surface area contributed by atoms with Crippen LogP contribution in [0.5, 0.6) is 0 Å². The van der Waals surface area contributed by atoms with Gasteiger partial charge in [-0.25, -0.2) is 4.79 Å². The van der Waals surface area contributed by atoms with Gasteiger partial charge in [0.25, 0.3) is 0 Å². The largest absolute Gasteiger partial charge is 0.469 e. The molecule has 0 spiro atoms. The lowest BCUT2D eigenvalue weighted by Gasteiger charge is -2.07. The minimum absolute atomic E-state index is 0.0309. The Bertz CT molecular complexity index is 975. The molecule has 0 aliphatic heterocycles. The summed E-state index contributed by atoms with van der Waals surface area (Å²) in [7, 11) is 1.42. The number of hydrogen-bond donors (Lipinski definition) is 0. The molecule has 0 atom stereocenters. The first kappa shape index (κ1) is 21.6. The van der Waals surface area contributed by atoms with E-state index in [1.165, 1.54) is 7.11 Å². The maximum absolute atomic E-state index is 13.1. The molecule has 0 aliphatic carbocycles. The molecule has 0 saturated heterocycles. The van der Waals surface area contributed by atoms with Crippen molar-refractivity contribution in [1.82, 2.24) is 9.13 Å². The molecule has 3 aromatic rings. The quantitative estimate of drug-likeness (QED) is 0.337. The number of esters is 1. The van der Waals surface area contributed by atoms with Crippen molar-refractivity contribution >= 4 is 5.97 Å². The van der Waals surface area contributed by atoms with Crippen LogP contribution in [0.3, 0.4) is 0 Å². The van der Waals surface area contributed by atoms with Gasteiger partial charge < -0.3 is 4.74 Å². The Hall–Kier alpha value is -3.08. The second kappa shape index (κ2) is 11.2. The Morgan fingerprint density at radius 2 is 1.50 bits per heavy atom. The summed E-state index contributed by atoms with van der Waals surface area (Å²) in [4.78, 5) is 24.3. The molecule has 0 unspecified atom stereocenters. The zero-order chi connectivity index (χ0) is 21.2. The maximum atomic E-state index is 13.1. The lowest BCUT2D eigenvalue weighted by molar-refractivity contribution is -0.140. The predicted molar refractivity (Wildman–Crippen MR) is 119 cm³/mol. The summed E-state index contributed by atoms with van der Waals surface area (Å²) >= 11 is 0. The van der Waals surface area contributed by atoms with Crippen molar-refractivity contribution < 1.29 is 9.53 Å². The van der Waals surface area contributed by atoms with Crippen LogP contribution >= 0.6 is 0 Å². The number of ether oxygens (including phenoxy) is 1. The molecule has 0 N–H and O–H groups in total. The topological polar surface area (TPSA) is 53.2 Å². The van der Waals surface area contributed by atoms with Crippen molar-refractivity contribution in [3.63, 3.8) is 0 Å². The molecular formula is C25H30N2O3. The van der Waals surface area contributed by atoms with E-state index in [2.05, 4.69) is 4.74 Å². The summed E-state index contributed by atoms with van der Waals surface area (Å²) in [5.74, 6) is -0.144. The van der Waals surface area contributed by atoms with E-state index in [0.717, 1.165) is 48.9 Å². The fraction of sp³-hybridized carbons (Fsp3) is 0.360. The Morgan fingerprint density at radius 3 is 2.20 bits per heavy atom. The van der Waals surface area contributed by atoms with Crippen molar-refractivity contribution in [2.24, 2.45) is 0 Å². The zero-order valence-electron chi connectivity index (χ0n) is 17.6. The van der Waals surface area contributed by atoms with Crippen molar-refractivity contribution in [3.8, 4) is 11.3 Å². The number of hydrogen-bond acceptors (Lipinski definition) is 3. The SMILES string of the molecule is COC(=O)CCCCCCCn1cc(-c2ccccc2)n(Cc2ccccc2)c1=O. The Balaban J connectivity index is 1.65. The zero-order valence-corrected chi connectivity index (χ0v) is 17.6. The van der Waals surface area contributed by atoms with Gasteiger partial charge in [0.15, 0.2) is 0 Å². The second-order valence-corrected chi connectivity index (χ2v) is 7.52. The van der Waals surface area contributed by atoms with Crippen LogP contribution in [-0.2, 0) is 22.6 Å². The van der Waals surface area contributed by atoms with Crippen molar-refractivity contribution in [2.45, 2.75) is 51.6 Å². The molecule has 5 heteroatoms. The molecule has 30 heavy (non-hydrogen) atoms. The van der Waals surface area contributed by atoms with Crippen LogP contribution in [0.25, 0.3) is 11.3 Å². The number of carbonyl (C=O) groups is 1. The highest BCUT2D eigenvalue weighted by Gasteiger charge is 2.13. The van der Waals surface area contributed by atoms with Crippen molar-refractivity contribution in [3.05, 3.63) is 82.9 Å². The van der Waals surface area contributed by atoms with Crippen molar-refractivity contribution in [2.75, 3.05) is 7.11 Å². The number of rotatable bonds is 11. The smallest absolute Gasteiger partial charge is 0.328 e. The first-order valence-corrected chi connectivity index (χ1v) is 10.6. The van der Waals surface area contributed by atoms with Crippen LogP contribution in [0.2, 0.25) is 0 Å². The van der Waals surface area contributed by atoms with Crippen LogP contribution in [0.15, 0.2) is 71.7 Å². The Morgan fingerprint density at radius 1 is 0.867 bits per heavy atom. The van der Waals surface area contributed by atoms with Gasteiger partial charge in [0.05, 0.1) is 19.3 Å². The fourth-order valence-corrected chi connectivity index (χ4v) is 3.63. The number of benzene rings is 2. The van der Waals surface area contributed by atoms with Gasteiger partial charge in [0.2, 0.25) is 0 Å². The van der Waals surface area contributed by atoms with Crippen molar-refractivity contribution in [1.29, 1.82) is 0 Å². The van der Waals surface area contributed by atoms with Gasteiger partial charge in [-0.05, 0) is 24.0 Å². The molecule has 3 rings (SSSR count). The number of unbranched alkanes of at least 4 members (excludes halogenated alkanes) is 4. The van der Waals surface area contributed by atoms with E-state index in [-0.39, 0.29) is 11.7 Å². The van der Waals surface area contributed by atoms with Gasteiger partial charge in [-0.3, -0.25) is 13.9 Å². The van der Waals surface area contributed by atoms with Gasteiger partial charge >= 0.3 is 11.7 Å². The fourth-order valence-electron chi connectivity index (χ4n) is 3.63. The molecule has 1 aromatic heterocycles. The number of aromatic nitrogens is 2. The molecule has 0 bridgehead atoms. The highest BCUT2D eigenvalue weighted by atomic mass is 16.5. The third kappa shape index (κ3) is 5.96. The number of imidazole rings is 1. The van der Waals surface area contributed by atoms with E-state index in [9.17, 15) is 9.59 Å². The summed E-state index contributed by atoms with van der Waals surface area (Å²) in [6, 6.07) is 20.2. The normalized spacial score (nSPS) is 10.8. The molecule has 1 heterocycles. The molecule has 158 valence electrons. The van der Waals surface area contributed by atoms with Gasteiger partial charge in [-0.1, -0.05) is 79.9 Å². The summed E-state index contributed by atoms with van der Waals surface area (Å²) in [5, 5.41) is 0. The molecular weight excluding hydrogens is 376 g/mol. The standard InChI is InChI=1S/C25H30N2O3/c1-30-24(28)17-11-3-2-4-12-18-26-20-23(22-15-9-6-10-16-22)27(25(26)29)19-21-13-7-5-8-14-21/h5-10,13-16,20H,2-4,11-12,17-19H2,1H3. The van der Waals surface area contributed by atoms with Crippen LogP contribution in [0, 0.1) is 0 Å². The summed E-state index contributed by atoms with van der Waals surface area (Å²) in [6.45, 7) is 1.27. The first-order chi connectivity index (χ1) is 14.7. The average molecular weight is 407 g/mol. The molecule has 0 aliphatic rings. The number of aryl methyl sites for hydroxylation is 1. The van der Waals surface area contributed by atoms with Crippen LogP contribution in [0.1, 0.15) is 44.1 Å². The molecule has 0 fully saturated rings. The van der Waals surface area contributed by atoms with E-state index in [0.29, 0.717) is 19.5 Å². The van der Waals surface area contributed by atoms with E-state index >= 15 is 0 Å². The third-order valence-electron chi connectivity index (χ3n) is 5.31. The van der Waals surface area contributed by atoms with Crippen LogP contribution in [0.4, 0.5) is 0 Å². The Labute approximate surface area is 177 Å². The highest BCUT2D eigenvalue weighted by Crippen LogP contribution is 2.19. The number of carbonyl (C=O) groups excluding carboxylic acids is 1. The maximum Gasteiger partial charge on any atom is 0.328 e. The molecule has 5 nitrogen and oxygen atoms in total. The van der Waals surface area contributed by atoms with Crippen LogP contribution < -0.4 is 5.69 Å². The van der Waals surface area contributed by atoms with E-state index < -0.39 is 0 Å². The monoisotopic (exact) mass is 406 g/mol. The van der Waals surface area contributed by atoms with E-state index in [1.54, 1.807) is 0 Å². The minimum atomic E-state index is -0.144. The predicted octanol–water partition coefficient (Wildman–Crippen LogP) is 4.88. The number of methoxy groups -OCH3 is 1. The minimum Gasteiger partial charge on any atom is -0.469 e. The van der Waals surface area contributed by atoms with Gasteiger partial charge in [-0.15, -0.1) is 0 Å². The summed E-state index contributed by atoms with van der Waals surface area (Å²) in [6.07, 6.45) is 7.38. The van der Waals surface area contributed by atoms with Gasteiger partial charge in [-0.2, -0.15) is 0 Å². The highest BCUT2D eigenvalue weighted by molar-refractivity contribution is 5.68. The Kier molecular flexibility index (Phi) is 8.07.